The highest BCUT2D eigenvalue weighted by Crippen LogP contribution is 2.17. The molecule has 78 valence electrons. The van der Waals surface area contributed by atoms with Crippen LogP contribution in [0.15, 0.2) is 6.20 Å². The molecule has 4 heteroatoms. The third kappa shape index (κ3) is 2.42. The van der Waals surface area contributed by atoms with Gasteiger partial charge in [-0.1, -0.05) is 13.8 Å². The maximum atomic E-state index is 4.45. The number of anilines is 1. The van der Waals surface area contributed by atoms with Gasteiger partial charge in [0.15, 0.2) is 0 Å². The second kappa shape index (κ2) is 4.91. The second-order valence-electron chi connectivity index (χ2n) is 3.54. The standard InChI is InChI=1S/C10H18N4/c1-7(2)9-8(5-11-3)6-13-10(12-4)14-9/h6-7,11H,5H2,1-4H3,(H,12,13,14). The first-order valence-corrected chi connectivity index (χ1v) is 4.87. The minimum Gasteiger partial charge on any atom is -0.357 e. The van der Waals surface area contributed by atoms with E-state index in [0.717, 1.165) is 12.2 Å². The van der Waals surface area contributed by atoms with Gasteiger partial charge in [-0.05, 0) is 13.0 Å². The lowest BCUT2D eigenvalue weighted by atomic mass is 10.1. The molecule has 0 unspecified atom stereocenters. The highest BCUT2D eigenvalue weighted by atomic mass is 15.1. The van der Waals surface area contributed by atoms with Crippen molar-refractivity contribution in [2.45, 2.75) is 26.3 Å². The molecule has 14 heavy (non-hydrogen) atoms. The van der Waals surface area contributed by atoms with Crippen molar-refractivity contribution in [3.8, 4) is 0 Å². The van der Waals surface area contributed by atoms with Crippen LogP contribution in [0.4, 0.5) is 5.95 Å². The number of nitrogens with zero attached hydrogens (tertiary/aromatic N) is 2. The second-order valence-corrected chi connectivity index (χ2v) is 3.54. The fourth-order valence-electron chi connectivity index (χ4n) is 1.37. The van der Waals surface area contributed by atoms with Crippen LogP contribution in [0.2, 0.25) is 0 Å². The summed E-state index contributed by atoms with van der Waals surface area (Å²) >= 11 is 0. The Morgan fingerprint density at radius 1 is 1.36 bits per heavy atom. The lowest BCUT2D eigenvalue weighted by Crippen LogP contribution is -2.12. The highest BCUT2D eigenvalue weighted by Gasteiger charge is 2.09. The zero-order chi connectivity index (χ0) is 10.6. The SMILES string of the molecule is CNCc1cnc(NC)nc1C(C)C. The van der Waals surface area contributed by atoms with Crippen LogP contribution in [0.3, 0.4) is 0 Å². The summed E-state index contributed by atoms with van der Waals surface area (Å²) in [6.45, 7) is 5.10. The van der Waals surface area contributed by atoms with Crippen molar-refractivity contribution in [1.82, 2.24) is 15.3 Å². The summed E-state index contributed by atoms with van der Waals surface area (Å²) in [5, 5.41) is 6.07. The van der Waals surface area contributed by atoms with Crippen LogP contribution in [0, 0.1) is 0 Å². The van der Waals surface area contributed by atoms with Crippen molar-refractivity contribution in [3.63, 3.8) is 0 Å². The van der Waals surface area contributed by atoms with E-state index < -0.39 is 0 Å². The quantitative estimate of drug-likeness (QED) is 0.760. The smallest absolute Gasteiger partial charge is 0.222 e. The molecule has 0 bridgehead atoms. The van der Waals surface area contributed by atoms with E-state index >= 15 is 0 Å². The highest BCUT2D eigenvalue weighted by molar-refractivity contribution is 5.30. The van der Waals surface area contributed by atoms with Gasteiger partial charge < -0.3 is 10.6 Å². The first kappa shape index (κ1) is 10.9. The van der Waals surface area contributed by atoms with Gasteiger partial charge in [0.05, 0.1) is 5.69 Å². The van der Waals surface area contributed by atoms with E-state index in [2.05, 4.69) is 34.4 Å². The van der Waals surface area contributed by atoms with Crippen LogP contribution < -0.4 is 10.6 Å². The van der Waals surface area contributed by atoms with Crippen LogP contribution in [-0.2, 0) is 6.54 Å². The van der Waals surface area contributed by atoms with Gasteiger partial charge in [0.2, 0.25) is 5.95 Å². The average Bonchev–Trinajstić information content (AvgIpc) is 2.18. The Morgan fingerprint density at radius 2 is 2.07 bits per heavy atom. The predicted molar refractivity (Wildman–Crippen MR) is 58.4 cm³/mol. The summed E-state index contributed by atoms with van der Waals surface area (Å²) < 4.78 is 0. The minimum absolute atomic E-state index is 0.424. The van der Waals surface area contributed by atoms with Crippen molar-refractivity contribution in [2.24, 2.45) is 0 Å². The van der Waals surface area contributed by atoms with Gasteiger partial charge in [0.1, 0.15) is 0 Å². The fourth-order valence-corrected chi connectivity index (χ4v) is 1.37. The van der Waals surface area contributed by atoms with Gasteiger partial charge in [-0.15, -0.1) is 0 Å². The van der Waals surface area contributed by atoms with Crippen LogP contribution in [0.1, 0.15) is 31.0 Å². The molecule has 1 rings (SSSR count). The summed E-state index contributed by atoms with van der Waals surface area (Å²) in [5.74, 6) is 1.11. The Labute approximate surface area is 85.2 Å². The normalized spacial score (nSPS) is 10.6. The number of hydrogen-bond donors (Lipinski definition) is 2. The van der Waals surface area contributed by atoms with Crippen LogP contribution in [0.5, 0.6) is 0 Å². The van der Waals surface area contributed by atoms with Gasteiger partial charge in [-0.3, -0.25) is 0 Å². The predicted octanol–water partition coefficient (Wildman–Crippen LogP) is 1.36. The van der Waals surface area contributed by atoms with Crippen LogP contribution >= 0.6 is 0 Å². The lowest BCUT2D eigenvalue weighted by Gasteiger charge is -2.12. The molecule has 1 heterocycles. The molecular weight excluding hydrogens is 176 g/mol. The molecular formula is C10H18N4. The Bertz CT molecular complexity index is 296. The molecule has 0 aliphatic rings. The molecule has 0 aliphatic heterocycles. The van der Waals surface area contributed by atoms with Crippen LogP contribution in [0.25, 0.3) is 0 Å². The van der Waals surface area contributed by atoms with E-state index in [1.165, 1.54) is 5.56 Å². The lowest BCUT2D eigenvalue weighted by molar-refractivity contribution is 0.743. The zero-order valence-electron chi connectivity index (χ0n) is 9.26. The molecule has 1 aromatic rings. The molecule has 4 nitrogen and oxygen atoms in total. The van der Waals surface area contributed by atoms with Gasteiger partial charge in [-0.25, -0.2) is 9.97 Å². The summed E-state index contributed by atoms with van der Waals surface area (Å²) in [5.41, 5.74) is 2.28. The first-order chi connectivity index (χ1) is 6.69. The van der Waals surface area contributed by atoms with Gasteiger partial charge >= 0.3 is 0 Å². The van der Waals surface area contributed by atoms with Gasteiger partial charge in [0.25, 0.3) is 0 Å². The number of rotatable bonds is 4. The summed E-state index contributed by atoms with van der Waals surface area (Å²) in [4.78, 5) is 8.64. The topological polar surface area (TPSA) is 49.8 Å². The first-order valence-electron chi connectivity index (χ1n) is 4.87. The summed E-state index contributed by atoms with van der Waals surface area (Å²) in [6.07, 6.45) is 1.88. The third-order valence-electron chi connectivity index (χ3n) is 2.04. The van der Waals surface area contributed by atoms with Crippen molar-refractivity contribution in [1.29, 1.82) is 0 Å². The van der Waals surface area contributed by atoms with E-state index in [0.29, 0.717) is 11.9 Å². The van der Waals surface area contributed by atoms with E-state index in [9.17, 15) is 0 Å². The molecule has 1 aromatic heterocycles. The maximum absolute atomic E-state index is 4.45. The van der Waals surface area contributed by atoms with Crippen LogP contribution in [-0.4, -0.2) is 24.1 Å². The molecule has 2 N–H and O–H groups in total. The van der Waals surface area contributed by atoms with Crippen molar-refractivity contribution < 1.29 is 0 Å². The maximum Gasteiger partial charge on any atom is 0.222 e. The average molecular weight is 194 g/mol. The van der Waals surface area contributed by atoms with E-state index in [4.69, 9.17) is 0 Å². The summed E-state index contributed by atoms with van der Waals surface area (Å²) in [7, 11) is 3.76. The van der Waals surface area contributed by atoms with Crippen molar-refractivity contribution >= 4 is 5.95 Å². The van der Waals surface area contributed by atoms with Crippen molar-refractivity contribution in [2.75, 3.05) is 19.4 Å². The molecule has 0 saturated heterocycles. The number of nitrogens with one attached hydrogen (secondary N) is 2. The molecule has 0 fully saturated rings. The number of aromatic nitrogens is 2. The fraction of sp³-hybridized carbons (Fsp3) is 0.600. The van der Waals surface area contributed by atoms with E-state index in [-0.39, 0.29) is 0 Å². The molecule has 0 aliphatic carbocycles. The van der Waals surface area contributed by atoms with Gasteiger partial charge in [0, 0.05) is 25.4 Å². The summed E-state index contributed by atoms with van der Waals surface area (Å²) in [6, 6.07) is 0. The molecule has 0 spiro atoms. The third-order valence-corrected chi connectivity index (χ3v) is 2.04. The zero-order valence-corrected chi connectivity index (χ0v) is 9.26. The monoisotopic (exact) mass is 194 g/mol. The minimum atomic E-state index is 0.424. The Hall–Kier alpha value is -1.16. The van der Waals surface area contributed by atoms with E-state index in [1.54, 1.807) is 0 Å². The largest absolute Gasteiger partial charge is 0.357 e. The molecule has 0 atom stereocenters. The Morgan fingerprint density at radius 3 is 2.57 bits per heavy atom. The van der Waals surface area contributed by atoms with E-state index in [1.807, 2.05) is 20.3 Å². The van der Waals surface area contributed by atoms with Crippen molar-refractivity contribution in [3.05, 3.63) is 17.5 Å². The Balaban J connectivity index is 3.03. The molecule has 0 amide bonds. The van der Waals surface area contributed by atoms with Gasteiger partial charge in [-0.2, -0.15) is 0 Å². The Kier molecular flexibility index (Phi) is 3.83. The molecule has 0 aromatic carbocycles. The molecule has 0 radical (unpaired) electrons. The molecule has 0 saturated carbocycles. The number of hydrogen-bond acceptors (Lipinski definition) is 4.